The first kappa shape index (κ1) is 13.0. The second-order valence-corrected chi connectivity index (χ2v) is 4.68. The Kier molecular flexibility index (Phi) is 3.62. The molecule has 7 heteroatoms. The van der Waals surface area contributed by atoms with Crippen LogP contribution in [-0.4, -0.2) is 58.1 Å². The molecule has 7 nitrogen and oxygen atoms in total. The van der Waals surface area contributed by atoms with Crippen LogP contribution in [0.5, 0.6) is 0 Å². The van der Waals surface area contributed by atoms with Crippen LogP contribution in [0.2, 0.25) is 0 Å². The van der Waals surface area contributed by atoms with Gasteiger partial charge in [-0.3, -0.25) is 9.30 Å². The minimum Gasteiger partial charge on any atom is -0.467 e. The highest BCUT2D eigenvalue weighted by atomic mass is 16.6. The number of carbonyl (C=O) groups excluding carboxylic acids is 1. The van der Waals surface area contributed by atoms with Crippen molar-refractivity contribution in [3.8, 4) is 0 Å². The molecule has 0 spiro atoms. The molecule has 3 heterocycles. The lowest BCUT2D eigenvalue weighted by atomic mass is 10.2. The summed E-state index contributed by atoms with van der Waals surface area (Å²) in [5.74, 6) is 0.353. The molecule has 1 fully saturated rings. The van der Waals surface area contributed by atoms with Crippen molar-refractivity contribution in [3.05, 3.63) is 30.4 Å². The summed E-state index contributed by atoms with van der Waals surface area (Å²) in [7, 11) is 1.37. The van der Waals surface area contributed by atoms with E-state index in [1.807, 2.05) is 22.9 Å². The Balaban J connectivity index is 1.69. The summed E-state index contributed by atoms with van der Waals surface area (Å²) in [5.41, 5.74) is 0.925. The number of carbonyl (C=O) groups is 1. The summed E-state index contributed by atoms with van der Waals surface area (Å²) in [6.07, 6.45) is 5.07. The molecule has 0 bridgehead atoms. The van der Waals surface area contributed by atoms with Crippen LogP contribution in [0, 0.1) is 0 Å². The zero-order valence-electron chi connectivity index (χ0n) is 11.2. The summed E-state index contributed by atoms with van der Waals surface area (Å²) >= 11 is 0. The lowest BCUT2D eigenvalue weighted by Gasteiger charge is -2.30. The van der Waals surface area contributed by atoms with Gasteiger partial charge in [0.15, 0.2) is 6.10 Å². The number of hydrogen-bond donors (Lipinski definition) is 0. The lowest BCUT2D eigenvalue weighted by Crippen LogP contribution is -2.46. The maximum absolute atomic E-state index is 11.5. The number of methoxy groups -OCH3 is 1. The Labute approximate surface area is 116 Å². The van der Waals surface area contributed by atoms with Crippen LogP contribution >= 0.6 is 0 Å². The van der Waals surface area contributed by atoms with Crippen LogP contribution in [0.3, 0.4) is 0 Å². The van der Waals surface area contributed by atoms with Crippen molar-refractivity contribution in [2.75, 3.05) is 26.8 Å². The molecule has 0 N–H and O–H groups in total. The van der Waals surface area contributed by atoms with Gasteiger partial charge in [0.2, 0.25) is 5.78 Å². The molecule has 0 amide bonds. The van der Waals surface area contributed by atoms with Gasteiger partial charge in [0.25, 0.3) is 0 Å². The third kappa shape index (κ3) is 2.63. The predicted molar refractivity (Wildman–Crippen MR) is 70.0 cm³/mol. The molecule has 1 atom stereocenters. The van der Waals surface area contributed by atoms with Crippen molar-refractivity contribution in [1.29, 1.82) is 0 Å². The standard InChI is InChI=1S/C13H16N4O3/c1-19-12(18)11-9-16(5-6-20-11)7-10-8-17-4-2-3-14-13(17)15-10/h2-4,8,11H,5-7,9H2,1H3. The van der Waals surface area contributed by atoms with Crippen molar-refractivity contribution in [2.24, 2.45) is 0 Å². The molecule has 0 saturated carbocycles. The summed E-state index contributed by atoms with van der Waals surface area (Å²) in [5, 5.41) is 0. The first-order chi connectivity index (χ1) is 9.76. The average molecular weight is 276 g/mol. The van der Waals surface area contributed by atoms with E-state index in [-0.39, 0.29) is 5.97 Å². The second-order valence-electron chi connectivity index (χ2n) is 4.68. The van der Waals surface area contributed by atoms with Crippen LogP contribution in [0.15, 0.2) is 24.7 Å². The molecule has 2 aromatic rings. The van der Waals surface area contributed by atoms with Crippen LogP contribution in [-0.2, 0) is 20.8 Å². The van der Waals surface area contributed by atoms with Gasteiger partial charge in [-0.15, -0.1) is 0 Å². The van der Waals surface area contributed by atoms with E-state index < -0.39 is 6.10 Å². The summed E-state index contributed by atoms with van der Waals surface area (Å²) in [6.45, 7) is 2.48. The number of hydrogen-bond acceptors (Lipinski definition) is 6. The van der Waals surface area contributed by atoms with Gasteiger partial charge in [0.05, 0.1) is 19.4 Å². The molecule has 1 aliphatic heterocycles. The van der Waals surface area contributed by atoms with E-state index in [0.29, 0.717) is 25.5 Å². The molecule has 1 aliphatic rings. The van der Waals surface area contributed by atoms with Crippen molar-refractivity contribution in [2.45, 2.75) is 12.6 Å². The zero-order chi connectivity index (χ0) is 13.9. The van der Waals surface area contributed by atoms with Gasteiger partial charge in [-0.05, 0) is 6.07 Å². The molecule has 0 aliphatic carbocycles. The van der Waals surface area contributed by atoms with E-state index in [9.17, 15) is 4.79 Å². The quantitative estimate of drug-likeness (QED) is 0.741. The number of nitrogens with zero attached hydrogens (tertiary/aromatic N) is 4. The number of ether oxygens (including phenoxy) is 2. The van der Waals surface area contributed by atoms with Crippen LogP contribution in [0.1, 0.15) is 5.69 Å². The molecule has 1 unspecified atom stereocenters. The third-order valence-corrected chi connectivity index (χ3v) is 3.29. The minimum atomic E-state index is -0.510. The fraction of sp³-hybridized carbons (Fsp3) is 0.462. The maximum atomic E-state index is 11.5. The number of aromatic nitrogens is 3. The molecular weight excluding hydrogens is 260 g/mol. The topological polar surface area (TPSA) is 69.0 Å². The highest BCUT2D eigenvalue weighted by molar-refractivity contribution is 5.74. The number of fused-ring (bicyclic) bond motifs is 1. The van der Waals surface area contributed by atoms with Crippen LogP contribution in [0.4, 0.5) is 0 Å². The molecule has 2 aromatic heterocycles. The molecule has 1 saturated heterocycles. The third-order valence-electron chi connectivity index (χ3n) is 3.29. The van der Waals surface area contributed by atoms with Crippen LogP contribution in [0.25, 0.3) is 5.78 Å². The van der Waals surface area contributed by atoms with Gasteiger partial charge < -0.3 is 9.47 Å². The molecule has 3 rings (SSSR count). The Bertz CT molecular complexity index is 579. The lowest BCUT2D eigenvalue weighted by molar-refractivity contribution is -0.160. The Morgan fingerprint density at radius 2 is 2.50 bits per heavy atom. The molecular formula is C13H16N4O3. The number of morpholine rings is 1. The van der Waals surface area contributed by atoms with E-state index in [0.717, 1.165) is 12.2 Å². The number of esters is 1. The Hall–Kier alpha value is -1.99. The van der Waals surface area contributed by atoms with E-state index >= 15 is 0 Å². The Morgan fingerprint density at radius 1 is 1.60 bits per heavy atom. The molecule has 106 valence electrons. The Morgan fingerprint density at radius 3 is 3.30 bits per heavy atom. The smallest absolute Gasteiger partial charge is 0.336 e. The van der Waals surface area contributed by atoms with Gasteiger partial charge in [-0.2, -0.15) is 0 Å². The first-order valence-corrected chi connectivity index (χ1v) is 6.46. The summed E-state index contributed by atoms with van der Waals surface area (Å²) in [6, 6.07) is 1.86. The number of rotatable bonds is 3. The summed E-state index contributed by atoms with van der Waals surface area (Å²) in [4.78, 5) is 22.3. The van der Waals surface area contributed by atoms with Gasteiger partial charge in [-0.25, -0.2) is 14.8 Å². The van der Waals surface area contributed by atoms with Crippen molar-refractivity contribution < 1.29 is 14.3 Å². The van der Waals surface area contributed by atoms with Crippen LogP contribution < -0.4 is 0 Å². The normalized spacial score (nSPS) is 20.1. The molecule has 20 heavy (non-hydrogen) atoms. The molecule has 0 radical (unpaired) electrons. The highest BCUT2D eigenvalue weighted by Crippen LogP contribution is 2.11. The zero-order valence-corrected chi connectivity index (χ0v) is 11.2. The number of imidazole rings is 1. The SMILES string of the molecule is COC(=O)C1CN(Cc2cn3cccnc3n2)CCO1. The van der Waals surface area contributed by atoms with E-state index in [4.69, 9.17) is 9.47 Å². The maximum Gasteiger partial charge on any atom is 0.336 e. The van der Waals surface area contributed by atoms with Crippen molar-refractivity contribution >= 4 is 11.7 Å². The average Bonchev–Trinajstić information content (AvgIpc) is 2.88. The second kappa shape index (κ2) is 5.56. The van der Waals surface area contributed by atoms with Gasteiger partial charge in [0.1, 0.15) is 0 Å². The van der Waals surface area contributed by atoms with Gasteiger partial charge >= 0.3 is 5.97 Å². The van der Waals surface area contributed by atoms with E-state index in [1.54, 1.807) is 6.20 Å². The fourth-order valence-corrected chi connectivity index (χ4v) is 2.30. The predicted octanol–water partition coefficient (Wildman–Crippen LogP) is 0.103. The van der Waals surface area contributed by atoms with Gasteiger partial charge in [-0.1, -0.05) is 0 Å². The fourth-order valence-electron chi connectivity index (χ4n) is 2.30. The first-order valence-electron chi connectivity index (χ1n) is 6.46. The molecule has 0 aromatic carbocycles. The van der Waals surface area contributed by atoms with E-state index in [1.165, 1.54) is 7.11 Å². The van der Waals surface area contributed by atoms with E-state index in [2.05, 4.69) is 14.9 Å². The summed E-state index contributed by atoms with van der Waals surface area (Å²) < 4.78 is 12.0. The minimum absolute atomic E-state index is 0.327. The van der Waals surface area contributed by atoms with Gasteiger partial charge in [0, 0.05) is 38.2 Å². The largest absolute Gasteiger partial charge is 0.467 e. The van der Waals surface area contributed by atoms with Crippen molar-refractivity contribution in [1.82, 2.24) is 19.3 Å². The monoisotopic (exact) mass is 276 g/mol. The highest BCUT2D eigenvalue weighted by Gasteiger charge is 2.27. The van der Waals surface area contributed by atoms with Crippen molar-refractivity contribution in [3.63, 3.8) is 0 Å².